The van der Waals surface area contributed by atoms with E-state index in [1.807, 2.05) is 0 Å². The van der Waals surface area contributed by atoms with Gasteiger partial charge in [-0.1, -0.05) is 19.1 Å². The summed E-state index contributed by atoms with van der Waals surface area (Å²) in [5.74, 6) is -2.55. The monoisotopic (exact) mass is 337 g/mol. The second-order valence-electron chi connectivity index (χ2n) is 5.24. The second kappa shape index (κ2) is 5.54. The van der Waals surface area contributed by atoms with Gasteiger partial charge >= 0.3 is 12.1 Å². The van der Waals surface area contributed by atoms with E-state index in [1.54, 1.807) is 6.92 Å². The Morgan fingerprint density at radius 1 is 1.27 bits per heavy atom. The first-order valence-corrected chi connectivity index (χ1v) is 7.88. The van der Waals surface area contributed by atoms with Crippen molar-refractivity contribution in [3.8, 4) is 0 Å². The molecule has 1 aliphatic heterocycles. The van der Waals surface area contributed by atoms with Gasteiger partial charge in [0.2, 0.25) is 10.0 Å². The molecule has 0 unspecified atom stereocenters. The maximum Gasteiger partial charge on any atom is 0.417 e. The number of hydrogen-bond acceptors (Lipinski definition) is 3. The smallest absolute Gasteiger partial charge is 0.417 e. The molecule has 9 heteroatoms. The third-order valence-corrected chi connectivity index (χ3v) is 5.60. The summed E-state index contributed by atoms with van der Waals surface area (Å²) < 4.78 is 64.6. The lowest BCUT2D eigenvalue weighted by atomic mass is 9.99. The van der Waals surface area contributed by atoms with Gasteiger partial charge in [0.15, 0.2) is 0 Å². The molecule has 2 rings (SSSR count). The Balaban J connectivity index is 2.43. The zero-order chi connectivity index (χ0) is 16.7. The Morgan fingerprint density at radius 3 is 2.36 bits per heavy atom. The lowest BCUT2D eigenvalue weighted by Gasteiger charge is -2.19. The van der Waals surface area contributed by atoms with Gasteiger partial charge < -0.3 is 5.11 Å². The molecule has 5 nitrogen and oxygen atoms in total. The van der Waals surface area contributed by atoms with Crippen LogP contribution in [0.1, 0.15) is 12.5 Å². The predicted octanol–water partition coefficient (Wildman–Crippen LogP) is 2.05. The zero-order valence-corrected chi connectivity index (χ0v) is 12.4. The summed E-state index contributed by atoms with van der Waals surface area (Å²) in [6, 6.07) is 3.89. The van der Waals surface area contributed by atoms with E-state index >= 15 is 0 Å². The first-order valence-electron chi connectivity index (χ1n) is 6.44. The number of rotatable bonds is 3. The van der Waals surface area contributed by atoms with Gasteiger partial charge in [-0.05, 0) is 18.1 Å². The minimum absolute atomic E-state index is 0.120. The lowest BCUT2D eigenvalue weighted by Crippen LogP contribution is -2.31. The molecule has 1 fully saturated rings. The van der Waals surface area contributed by atoms with Crippen LogP contribution in [-0.2, 0) is 21.0 Å². The molecule has 1 N–H and O–H groups in total. The van der Waals surface area contributed by atoms with Crippen LogP contribution in [0.4, 0.5) is 13.2 Å². The van der Waals surface area contributed by atoms with E-state index in [2.05, 4.69) is 0 Å². The van der Waals surface area contributed by atoms with Gasteiger partial charge in [-0.3, -0.25) is 4.79 Å². The lowest BCUT2D eigenvalue weighted by molar-refractivity contribution is -0.142. The summed E-state index contributed by atoms with van der Waals surface area (Å²) in [5.41, 5.74) is -1.25. The van der Waals surface area contributed by atoms with Crippen LogP contribution in [0.25, 0.3) is 0 Å². The summed E-state index contributed by atoms with van der Waals surface area (Å²) >= 11 is 0. The van der Waals surface area contributed by atoms with Crippen molar-refractivity contribution in [3.05, 3.63) is 29.8 Å². The van der Waals surface area contributed by atoms with E-state index < -0.39 is 44.5 Å². The van der Waals surface area contributed by atoms with E-state index in [4.69, 9.17) is 5.11 Å². The molecule has 0 radical (unpaired) electrons. The molecule has 0 bridgehead atoms. The minimum Gasteiger partial charge on any atom is -0.481 e. The normalized spacial score (nSPS) is 23.6. The van der Waals surface area contributed by atoms with Gasteiger partial charge in [0.1, 0.15) is 0 Å². The van der Waals surface area contributed by atoms with Gasteiger partial charge in [-0.15, -0.1) is 0 Å². The van der Waals surface area contributed by atoms with Crippen molar-refractivity contribution in [2.24, 2.45) is 11.8 Å². The van der Waals surface area contributed by atoms with Crippen molar-refractivity contribution in [1.82, 2.24) is 4.31 Å². The molecule has 0 aromatic heterocycles. The largest absolute Gasteiger partial charge is 0.481 e. The molecule has 1 aromatic carbocycles. The van der Waals surface area contributed by atoms with Crippen LogP contribution >= 0.6 is 0 Å². The molecule has 0 saturated carbocycles. The topological polar surface area (TPSA) is 74.7 Å². The Bertz CT molecular complexity index is 687. The minimum atomic E-state index is -4.80. The Hall–Kier alpha value is -1.61. The van der Waals surface area contributed by atoms with Gasteiger partial charge in [0, 0.05) is 13.1 Å². The molecular formula is C13H14F3NO4S. The number of hydrogen-bond donors (Lipinski definition) is 1. The van der Waals surface area contributed by atoms with Crippen LogP contribution in [0.3, 0.4) is 0 Å². The average molecular weight is 337 g/mol. The molecule has 2 atom stereocenters. The van der Waals surface area contributed by atoms with Gasteiger partial charge in [0.25, 0.3) is 0 Å². The van der Waals surface area contributed by atoms with Crippen LogP contribution in [0.5, 0.6) is 0 Å². The maximum absolute atomic E-state index is 13.0. The Morgan fingerprint density at radius 2 is 1.86 bits per heavy atom. The van der Waals surface area contributed by atoms with Crippen molar-refractivity contribution >= 4 is 16.0 Å². The quantitative estimate of drug-likeness (QED) is 0.916. The summed E-state index contributed by atoms with van der Waals surface area (Å²) in [5, 5.41) is 9.02. The first kappa shape index (κ1) is 16.8. The van der Waals surface area contributed by atoms with E-state index in [-0.39, 0.29) is 13.1 Å². The molecule has 1 saturated heterocycles. The fourth-order valence-corrected chi connectivity index (χ4v) is 4.28. The van der Waals surface area contributed by atoms with Crippen molar-refractivity contribution in [2.75, 3.05) is 13.1 Å². The summed E-state index contributed by atoms with van der Waals surface area (Å²) in [7, 11) is -4.40. The van der Waals surface area contributed by atoms with E-state index in [9.17, 15) is 26.4 Å². The molecule has 0 aliphatic carbocycles. The van der Waals surface area contributed by atoms with Crippen molar-refractivity contribution in [2.45, 2.75) is 18.0 Å². The molecule has 1 aromatic rings. The number of halogens is 3. The molecular weight excluding hydrogens is 323 g/mol. The third-order valence-electron chi connectivity index (χ3n) is 3.71. The van der Waals surface area contributed by atoms with E-state index in [1.165, 1.54) is 6.07 Å². The standard InChI is InChI=1S/C13H14F3NO4S/c1-8-6-17(7-9(8)12(18)19)22(20,21)11-5-3-2-4-10(11)13(14,15)16/h2-5,8-9H,6-7H2,1H3,(H,18,19)/t8-,9-/m1/s1. The van der Waals surface area contributed by atoms with E-state index in [0.717, 1.165) is 16.4 Å². The highest BCUT2D eigenvalue weighted by molar-refractivity contribution is 7.89. The van der Waals surface area contributed by atoms with Crippen molar-refractivity contribution in [3.63, 3.8) is 0 Å². The van der Waals surface area contributed by atoms with Crippen LogP contribution in [0, 0.1) is 11.8 Å². The van der Waals surface area contributed by atoms with Gasteiger partial charge in [0.05, 0.1) is 16.4 Å². The molecule has 122 valence electrons. The highest BCUT2D eigenvalue weighted by atomic mass is 32.2. The number of alkyl halides is 3. The number of benzene rings is 1. The van der Waals surface area contributed by atoms with Crippen LogP contribution < -0.4 is 0 Å². The van der Waals surface area contributed by atoms with Crippen molar-refractivity contribution < 1.29 is 31.5 Å². The Kier molecular flexibility index (Phi) is 4.22. The zero-order valence-electron chi connectivity index (χ0n) is 11.5. The summed E-state index contributed by atoms with van der Waals surface area (Å²) in [6.45, 7) is 1.11. The molecule has 0 spiro atoms. The SMILES string of the molecule is C[C@@H]1CN(S(=O)(=O)c2ccccc2C(F)(F)F)C[C@H]1C(=O)O. The number of aliphatic carboxylic acids is 1. The van der Waals surface area contributed by atoms with Crippen LogP contribution in [-0.4, -0.2) is 36.9 Å². The fourth-order valence-electron chi connectivity index (χ4n) is 2.50. The molecule has 0 amide bonds. The summed E-state index contributed by atoms with van der Waals surface area (Å²) in [4.78, 5) is 10.2. The van der Waals surface area contributed by atoms with Crippen molar-refractivity contribution in [1.29, 1.82) is 0 Å². The van der Waals surface area contributed by atoms with Crippen LogP contribution in [0.2, 0.25) is 0 Å². The average Bonchev–Trinajstić information content (AvgIpc) is 2.81. The predicted molar refractivity (Wildman–Crippen MR) is 70.5 cm³/mol. The molecule has 1 aliphatic rings. The van der Waals surface area contributed by atoms with Gasteiger partial charge in [-0.25, -0.2) is 8.42 Å². The number of carboxylic acids is 1. The van der Waals surface area contributed by atoms with E-state index in [0.29, 0.717) is 6.07 Å². The van der Waals surface area contributed by atoms with Crippen LogP contribution in [0.15, 0.2) is 29.2 Å². The Labute approximate surface area is 125 Å². The van der Waals surface area contributed by atoms with Gasteiger partial charge in [-0.2, -0.15) is 17.5 Å². The fraction of sp³-hybridized carbons (Fsp3) is 0.462. The maximum atomic E-state index is 13.0. The summed E-state index contributed by atoms with van der Waals surface area (Å²) in [6.07, 6.45) is -4.80. The number of carbonyl (C=O) groups is 1. The second-order valence-corrected chi connectivity index (χ2v) is 7.14. The third kappa shape index (κ3) is 2.95. The number of nitrogens with zero attached hydrogens (tertiary/aromatic N) is 1. The highest BCUT2D eigenvalue weighted by Crippen LogP contribution is 2.37. The number of carboxylic acid groups (broad SMARTS) is 1. The number of sulfonamides is 1. The first-order chi connectivity index (χ1) is 10.0. The molecule has 1 heterocycles. The highest BCUT2D eigenvalue weighted by Gasteiger charge is 2.44. The molecule has 22 heavy (non-hydrogen) atoms.